The average molecular weight is 346 g/mol. The van der Waals surface area contributed by atoms with Crippen molar-refractivity contribution in [3.05, 3.63) is 32.6 Å². The molecular weight excluding hydrogens is 320 g/mol. The number of hydrogen-bond donors (Lipinski definition) is 1. The molecule has 1 aliphatic rings. The monoisotopic (exact) mass is 346 g/mol. The van der Waals surface area contributed by atoms with Crippen LogP contribution in [0.15, 0.2) is 15.8 Å². The van der Waals surface area contributed by atoms with Gasteiger partial charge < -0.3 is 4.90 Å². The van der Waals surface area contributed by atoms with E-state index in [0.29, 0.717) is 6.04 Å². The molecule has 0 saturated heterocycles. The number of amides is 1. The predicted molar refractivity (Wildman–Crippen MR) is 94.1 cm³/mol. The van der Waals surface area contributed by atoms with Crippen LogP contribution in [0.3, 0.4) is 0 Å². The van der Waals surface area contributed by atoms with Gasteiger partial charge in [-0.05, 0) is 19.3 Å². The highest BCUT2D eigenvalue weighted by Gasteiger charge is 2.24. The molecule has 25 heavy (non-hydrogen) atoms. The van der Waals surface area contributed by atoms with Crippen molar-refractivity contribution in [1.82, 2.24) is 14.5 Å². The molecule has 0 aromatic carbocycles. The van der Waals surface area contributed by atoms with Crippen molar-refractivity contribution in [3.8, 4) is 6.07 Å². The normalized spacial score (nSPS) is 14.9. The molecule has 0 unspecified atom stereocenters. The van der Waals surface area contributed by atoms with Gasteiger partial charge in [-0.1, -0.05) is 32.6 Å². The van der Waals surface area contributed by atoms with Crippen LogP contribution >= 0.6 is 0 Å². The summed E-state index contributed by atoms with van der Waals surface area (Å²) in [6, 6.07) is 2.05. The lowest BCUT2D eigenvalue weighted by atomic mass is 9.93. The molecule has 0 spiro atoms. The third-order valence-corrected chi connectivity index (χ3v) is 4.79. The first-order valence-corrected chi connectivity index (χ1v) is 9.10. The zero-order chi connectivity index (χ0) is 18.2. The maximum atomic E-state index is 12.7. The van der Waals surface area contributed by atoms with E-state index >= 15 is 0 Å². The Morgan fingerprint density at radius 2 is 2.08 bits per heavy atom. The van der Waals surface area contributed by atoms with Crippen LogP contribution in [0.25, 0.3) is 0 Å². The number of unbranched alkanes of at least 4 members (excludes halogenated alkanes) is 1. The number of nitrogens with zero attached hydrogens (tertiary/aromatic N) is 3. The predicted octanol–water partition coefficient (Wildman–Crippen LogP) is 1.76. The fourth-order valence-electron chi connectivity index (χ4n) is 3.35. The minimum atomic E-state index is -0.693. The SMILES string of the molecule is CCCCN(C(=O)CCn1cc(C#N)c(=O)[nH]c1=O)C1CCCCC1. The highest BCUT2D eigenvalue weighted by Crippen LogP contribution is 2.23. The Labute approximate surface area is 147 Å². The first-order valence-electron chi connectivity index (χ1n) is 9.10. The second kappa shape index (κ2) is 9.21. The number of rotatable bonds is 7. The van der Waals surface area contributed by atoms with Gasteiger partial charge in [-0.3, -0.25) is 19.1 Å². The topological polar surface area (TPSA) is 99.0 Å². The third kappa shape index (κ3) is 5.05. The van der Waals surface area contributed by atoms with Crippen molar-refractivity contribution in [2.75, 3.05) is 6.54 Å². The molecule has 2 rings (SSSR count). The van der Waals surface area contributed by atoms with Crippen LogP contribution in [0.4, 0.5) is 0 Å². The molecule has 136 valence electrons. The Balaban J connectivity index is 2.06. The van der Waals surface area contributed by atoms with Crippen LogP contribution in [0.2, 0.25) is 0 Å². The number of aryl methyl sites for hydroxylation is 1. The Kier molecular flexibility index (Phi) is 6.99. The summed E-state index contributed by atoms with van der Waals surface area (Å²) < 4.78 is 1.23. The number of carbonyl (C=O) groups excluding carboxylic acids is 1. The molecule has 7 nitrogen and oxygen atoms in total. The Hall–Kier alpha value is -2.36. The van der Waals surface area contributed by atoms with Gasteiger partial charge in [0.15, 0.2) is 0 Å². The molecule has 1 amide bonds. The first-order chi connectivity index (χ1) is 12.1. The van der Waals surface area contributed by atoms with Gasteiger partial charge in [0.2, 0.25) is 5.91 Å². The van der Waals surface area contributed by atoms with E-state index in [1.807, 2.05) is 4.90 Å². The van der Waals surface area contributed by atoms with E-state index in [2.05, 4.69) is 11.9 Å². The smallest absolute Gasteiger partial charge is 0.328 e. The van der Waals surface area contributed by atoms with Crippen LogP contribution in [0.5, 0.6) is 0 Å². The lowest BCUT2D eigenvalue weighted by molar-refractivity contribution is -0.134. The highest BCUT2D eigenvalue weighted by molar-refractivity contribution is 5.76. The molecule has 0 bridgehead atoms. The van der Waals surface area contributed by atoms with Gasteiger partial charge in [0, 0.05) is 31.7 Å². The number of carbonyl (C=O) groups is 1. The summed E-state index contributed by atoms with van der Waals surface area (Å²) in [6.45, 7) is 3.02. The zero-order valence-electron chi connectivity index (χ0n) is 14.8. The molecule has 0 atom stereocenters. The van der Waals surface area contributed by atoms with Crippen molar-refractivity contribution >= 4 is 5.91 Å². The molecular formula is C18H26N4O3. The second-order valence-corrected chi connectivity index (χ2v) is 6.59. The Morgan fingerprint density at radius 1 is 1.36 bits per heavy atom. The van der Waals surface area contributed by atoms with Crippen LogP contribution < -0.4 is 11.2 Å². The summed E-state index contributed by atoms with van der Waals surface area (Å²) in [4.78, 5) is 40.1. The Morgan fingerprint density at radius 3 is 2.72 bits per heavy atom. The fourth-order valence-corrected chi connectivity index (χ4v) is 3.35. The molecule has 1 aliphatic carbocycles. The number of aromatic amines is 1. The minimum absolute atomic E-state index is 0.0388. The molecule has 1 fully saturated rings. The molecule has 7 heteroatoms. The van der Waals surface area contributed by atoms with Gasteiger partial charge in [0.05, 0.1) is 0 Å². The summed E-state index contributed by atoms with van der Waals surface area (Å²) in [5.41, 5.74) is -1.40. The van der Waals surface area contributed by atoms with Crippen LogP contribution in [0, 0.1) is 11.3 Å². The largest absolute Gasteiger partial charge is 0.340 e. The van der Waals surface area contributed by atoms with Gasteiger partial charge >= 0.3 is 5.69 Å². The third-order valence-electron chi connectivity index (χ3n) is 4.79. The van der Waals surface area contributed by atoms with Gasteiger partial charge in [0.25, 0.3) is 5.56 Å². The molecule has 1 aromatic rings. The van der Waals surface area contributed by atoms with E-state index in [9.17, 15) is 14.4 Å². The number of nitrogens with one attached hydrogen (secondary N) is 1. The molecule has 1 saturated carbocycles. The second-order valence-electron chi connectivity index (χ2n) is 6.59. The number of H-pyrrole nitrogens is 1. The summed E-state index contributed by atoms with van der Waals surface area (Å²) in [6.07, 6.45) is 9.07. The van der Waals surface area contributed by atoms with E-state index in [1.54, 1.807) is 6.07 Å². The van der Waals surface area contributed by atoms with Crippen LogP contribution in [-0.4, -0.2) is 32.9 Å². The highest BCUT2D eigenvalue weighted by atomic mass is 16.2. The van der Waals surface area contributed by atoms with Gasteiger partial charge in [0.1, 0.15) is 11.6 Å². The van der Waals surface area contributed by atoms with Gasteiger partial charge in [-0.15, -0.1) is 0 Å². The standard InChI is InChI=1S/C18H26N4O3/c1-2-3-10-22(15-7-5-4-6-8-15)16(23)9-11-21-13-14(12-19)17(24)20-18(21)25/h13,15H,2-11H2,1H3,(H,20,24,25). The average Bonchev–Trinajstić information content (AvgIpc) is 2.62. The summed E-state index contributed by atoms with van der Waals surface area (Å²) >= 11 is 0. The quantitative estimate of drug-likeness (QED) is 0.813. The maximum absolute atomic E-state index is 12.7. The molecule has 1 heterocycles. The fraction of sp³-hybridized carbons (Fsp3) is 0.667. The van der Waals surface area contributed by atoms with E-state index in [-0.39, 0.29) is 24.4 Å². The minimum Gasteiger partial charge on any atom is -0.340 e. The van der Waals surface area contributed by atoms with Crippen LogP contribution in [0.1, 0.15) is 63.9 Å². The lowest BCUT2D eigenvalue weighted by Crippen LogP contribution is -2.42. The summed E-state index contributed by atoms with van der Waals surface area (Å²) in [5, 5.41) is 8.91. The number of aromatic nitrogens is 2. The number of hydrogen-bond acceptors (Lipinski definition) is 4. The Bertz CT molecular complexity index is 738. The molecule has 1 N–H and O–H groups in total. The van der Waals surface area contributed by atoms with Crippen LogP contribution in [-0.2, 0) is 11.3 Å². The van der Waals surface area contributed by atoms with E-state index < -0.39 is 11.2 Å². The molecule has 0 aliphatic heterocycles. The van der Waals surface area contributed by atoms with Crippen molar-refractivity contribution in [2.24, 2.45) is 0 Å². The van der Waals surface area contributed by atoms with Crippen molar-refractivity contribution in [2.45, 2.75) is 70.9 Å². The van der Waals surface area contributed by atoms with Gasteiger partial charge in [-0.25, -0.2) is 4.79 Å². The molecule has 0 radical (unpaired) electrons. The summed E-state index contributed by atoms with van der Waals surface area (Å²) in [5.74, 6) is 0.0388. The van der Waals surface area contributed by atoms with Crippen molar-refractivity contribution < 1.29 is 4.79 Å². The van der Waals surface area contributed by atoms with E-state index in [1.165, 1.54) is 17.2 Å². The molecule has 1 aromatic heterocycles. The maximum Gasteiger partial charge on any atom is 0.328 e. The van der Waals surface area contributed by atoms with E-state index in [0.717, 1.165) is 45.1 Å². The van der Waals surface area contributed by atoms with Crippen molar-refractivity contribution in [3.63, 3.8) is 0 Å². The van der Waals surface area contributed by atoms with Gasteiger partial charge in [-0.2, -0.15) is 5.26 Å². The summed E-state index contributed by atoms with van der Waals surface area (Å²) in [7, 11) is 0. The number of nitriles is 1. The lowest BCUT2D eigenvalue weighted by Gasteiger charge is -2.34. The zero-order valence-corrected chi connectivity index (χ0v) is 14.8. The van der Waals surface area contributed by atoms with E-state index in [4.69, 9.17) is 5.26 Å². The first kappa shape index (κ1) is 19.0. The van der Waals surface area contributed by atoms with Crippen molar-refractivity contribution in [1.29, 1.82) is 5.26 Å².